The number of nitrogens with zero attached hydrogens (tertiary/aromatic N) is 1. The highest BCUT2D eigenvalue weighted by Gasteiger charge is 2.38. The Balaban J connectivity index is 1.55. The van der Waals surface area contributed by atoms with Gasteiger partial charge < -0.3 is 9.15 Å². The number of rotatable bonds is 5. The Labute approximate surface area is 185 Å². The maximum Gasteiger partial charge on any atom is 0.346 e. The number of aromatic nitrogens is 1. The highest BCUT2D eigenvalue weighted by atomic mass is 32.2. The van der Waals surface area contributed by atoms with Crippen LogP contribution >= 0.6 is 35.3 Å². The molecule has 0 radical (unpaired) electrons. The van der Waals surface area contributed by atoms with Gasteiger partial charge >= 0.3 is 5.97 Å². The Bertz CT molecular complexity index is 1020. The van der Waals surface area contributed by atoms with E-state index in [-0.39, 0.29) is 35.9 Å². The average molecular weight is 460 g/mol. The largest absolute Gasteiger partial charge is 0.469 e. The predicted octanol–water partition coefficient (Wildman–Crippen LogP) is 4.66. The van der Waals surface area contributed by atoms with Crippen LogP contribution in [0.2, 0.25) is 0 Å². The number of furan rings is 1. The molecule has 1 aliphatic heterocycles. The van der Waals surface area contributed by atoms with Gasteiger partial charge in [-0.15, -0.1) is 11.8 Å². The van der Waals surface area contributed by atoms with Gasteiger partial charge in [-0.3, -0.25) is 14.6 Å². The van der Waals surface area contributed by atoms with Crippen LogP contribution in [0.15, 0.2) is 66.2 Å². The van der Waals surface area contributed by atoms with E-state index in [1.807, 2.05) is 18.2 Å². The van der Waals surface area contributed by atoms with Crippen molar-refractivity contribution in [3.8, 4) is 0 Å². The monoisotopic (exact) mass is 459 g/mol. The lowest BCUT2D eigenvalue weighted by atomic mass is 9.83. The molecule has 0 N–H and O–H groups in total. The number of Topliss-reactive ketones (excluding diaryl/α,β-unsaturated/α-hetero) is 2. The number of pyridine rings is 1. The van der Waals surface area contributed by atoms with Crippen molar-refractivity contribution in [3.05, 3.63) is 73.2 Å². The lowest BCUT2D eigenvalue weighted by molar-refractivity contribution is -0.135. The lowest BCUT2D eigenvalue weighted by Crippen LogP contribution is -2.25. The molecule has 6 nitrogen and oxygen atoms in total. The van der Waals surface area contributed by atoms with Gasteiger partial charge in [0.2, 0.25) is 0 Å². The van der Waals surface area contributed by atoms with Gasteiger partial charge in [0.25, 0.3) is 0 Å². The highest BCUT2D eigenvalue weighted by molar-refractivity contribution is 8.36. The number of hydrogen-bond acceptors (Lipinski definition) is 9. The molecule has 0 aromatic carbocycles. The molecule has 0 saturated heterocycles. The second kappa shape index (κ2) is 9.28. The van der Waals surface area contributed by atoms with Crippen LogP contribution in [0.5, 0.6) is 0 Å². The molecule has 0 unspecified atom stereocenters. The molecule has 154 valence electrons. The molecule has 0 bridgehead atoms. The van der Waals surface area contributed by atoms with Gasteiger partial charge in [-0.25, -0.2) is 4.79 Å². The second-order valence-electron chi connectivity index (χ2n) is 6.55. The first kappa shape index (κ1) is 21.0. The number of methoxy groups -OCH3 is 1. The number of ketones is 2. The molecule has 2 aromatic rings. The van der Waals surface area contributed by atoms with Crippen molar-refractivity contribution in [1.82, 2.24) is 4.98 Å². The maximum absolute atomic E-state index is 12.8. The van der Waals surface area contributed by atoms with E-state index >= 15 is 0 Å². The summed E-state index contributed by atoms with van der Waals surface area (Å²) in [6, 6.07) is 9.17. The summed E-state index contributed by atoms with van der Waals surface area (Å²) in [5, 5.41) is 0. The smallest absolute Gasteiger partial charge is 0.346 e. The SMILES string of the molecule is COC(=O)C1=C(SCc2ccccn2)SC(=C2C(=O)CC(c3ccco3)CC2=O)S1. The number of carbonyl (C=O) groups excluding carboxylic acids is 3. The first-order valence-electron chi connectivity index (χ1n) is 9.12. The Morgan fingerprint density at radius 1 is 1.20 bits per heavy atom. The number of thioether (sulfide) groups is 3. The van der Waals surface area contributed by atoms with Crippen LogP contribution < -0.4 is 0 Å². The van der Waals surface area contributed by atoms with Gasteiger partial charge in [-0.2, -0.15) is 0 Å². The number of carbonyl (C=O) groups is 3. The first-order valence-corrected chi connectivity index (χ1v) is 11.7. The van der Waals surface area contributed by atoms with Crippen LogP contribution in [0.4, 0.5) is 0 Å². The third kappa shape index (κ3) is 4.43. The summed E-state index contributed by atoms with van der Waals surface area (Å²) in [5.74, 6) is 0.0516. The van der Waals surface area contributed by atoms with E-state index in [1.54, 1.807) is 24.6 Å². The van der Waals surface area contributed by atoms with E-state index in [2.05, 4.69) is 4.98 Å². The van der Waals surface area contributed by atoms with Crippen LogP contribution in [0, 0.1) is 0 Å². The zero-order chi connectivity index (χ0) is 21.1. The number of allylic oxidation sites excluding steroid dienone is 1. The summed E-state index contributed by atoms with van der Waals surface area (Å²) in [4.78, 5) is 42.6. The standard InChI is InChI=1S/C21H17NO5S3/c1-26-19(25)18-21(28-11-13-5-2-3-7-22-13)30-20(29-18)17-14(23)9-12(10-15(17)24)16-6-4-8-27-16/h2-8,12H,9-11H2,1H3. The maximum atomic E-state index is 12.8. The molecule has 0 spiro atoms. The van der Waals surface area contributed by atoms with Crippen molar-refractivity contribution in [3.63, 3.8) is 0 Å². The van der Waals surface area contributed by atoms with E-state index in [1.165, 1.54) is 30.6 Å². The minimum Gasteiger partial charge on any atom is -0.469 e. The van der Waals surface area contributed by atoms with E-state index in [0.717, 1.165) is 17.5 Å². The summed E-state index contributed by atoms with van der Waals surface area (Å²) in [5.41, 5.74) is 1.06. The minimum atomic E-state index is -0.476. The molecule has 30 heavy (non-hydrogen) atoms. The fourth-order valence-electron chi connectivity index (χ4n) is 3.16. The molecular formula is C21H17NO5S3. The van der Waals surface area contributed by atoms with E-state index in [4.69, 9.17) is 9.15 Å². The molecule has 2 aliphatic rings. The molecular weight excluding hydrogens is 442 g/mol. The van der Waals surface area contributed by atoms with E-state index in [9.17, 15) is 14.4 Å². The van der Waals surface area contributed by atoms with Crippen molar-refractivity contribution in [2.75, 3.05) is 7.11 Å². The van der Waals surface area contributed by atoms with Gasteiger partial charge in [0.15, 0.2) is 11.6 Å². The van der Waals surface area contributed by atoms with Crippen molar-refractivity contribution in [1.29, 1.82) is 0 Å². The molecule has 1 aliphatic carbocycles. The van der Waals surface area contributed by atoms with Crippen molar-refractivity contribution in [2.24, 2.45) is 0 Å². The Hall–Kier alpha value is -2.23. The van der Waals surface area contributed by atoms with Gasteiger partial charge in [0.05, 0.1) is 33.1 Å². The molecule has 2 aromatic heterocycles. The molecule has 1 saturated carbocycles. The zero-order valence-corrected chi connectivity index (χ0v) is 18.4. The average Bonchev–Trinajstić information content (AvgIpc) is 3.42. The molecule has 0 atom stereocenters. The zero-order valence-electron chi connectivity index (χ0n) is 16.0. The van der Waals surface area contributed by atoms with Crippen LogP contribution in [-0.4, -0.2) is 29.6 Å². The second-order valence-corrected chi connectivity index (χ2v) is 10.1. The number of esters is 1. The van der Waals surface area contributed by atoms with Gasteiger partial charge in [-0.1, -0.05) is 29.6 Å². The summed E-state index contributed by atoms with van der Waals surface area (Å²) in [7, 11) is 1.32. The fourth-order valence-corrected chi connectivity index (χ4v) is 7.30. The summed E-state index contributed by atoms with van der Waals surface area (Å²) >= 11 is 3.87. The third-order valence-corrected chi connectivity index (χ3v) is 8.60. The third-order valence-electron chi connectivity index (χ3n) is 4.58. The molecule has 1 fully saturated rings. The molecule has 9 heteroatoms. The van der Waals surface area contributed by atoms with Crippen molar-refractivity contribution in [2.45, 2.75) is 24.5 Å². The molecule has 3 heterocycles. The Morgan fingerprint density at radius 2 is 2.00 bits per heavy atom. The number of hydrogen-bond donors (Lipinski definition) is 0. The normalized spacial score (nSPS) is 19.6. The summed E-state index contributed by atoms with van der Waals surface area (Å²) in [6.07, 6.45) is 3.68. The van der Waals surface area contributed by atoms with Crippen molar-refractivity contribution < 1.29 is 23.5 Å². The van der Waals surface area contributed by atoms with Crippen molar-refractivity contribution >= 4 is 52.8 Å². The molecule has 0 amide bonds. The lowest BCUT2D eigenvalue weighted by Gasteiger charge is -2.21. The van der Waals surface area contributed by atoms with Crippen LogP contribution in [-0.2, 0) is 24.9 Å². The van der Waals surface area contributed by atoms with E-state index in [0.29, 0.717) is 24.9 Å². The minimum absolute atomic E-state index is 0.183. The number of ether oxygens (including phenoxy) is 1. The fraction of sp³-hybridized carbons (Fsp3) is 0.238. The molecule has 4 rings (SSSR count). The topological polar surface area (TPSA) is 86.5 Å². The highest BCUT2D eigenvalue weighted by Crippen LogP contribution is 2.56. The summed E-state index contributed by atoms with van der Waals surface area (Å²) < 4.78 is 11.5. The van der Waals surface area contributed by atoms with E-state index < -0.39 is 5.97 Å². The Kier molecular flexibility index (Phi) is 6.50. The van der Waals surface area contributed by atoms with Crippen LogP contribution in [0.3, 0.4) is 0 Å². The first-order chi connectivity index (χ1) is 14.6. The van der Waals surface area contributed by atoms with Gasteiger partial charge in [0.1, 0.15) is 10.7 Å². The quantitative estimate of drug-likeness (QED) is 0.360. The van der Waals surface area contributed by atoms with Gasteiger partial charge in [0, 0.05) is 30.7 Å². The Morgan fingerprint density at radius 3 is 2.63 bits per heavy atom. The van der Waals surface area contributed by atoms with Crippen LogP contribution in [0.25, 0.3) is 0 Å². The van der Waals surface area contributed by atoms with Gasteiger partial charge in [-0.05, 0) is 24.3 Å². The summed E-state index contributed by atoms with van der Waals surface area (Å²) in [6.45, 7) is 0. The predicted molar refractivity (Wildman–Crippen MR) is 117 cm³/mol. The van der Waals surface area contributed by atoms with Crippen LogP contribution in [0.1, 0.15) is 30.2 Å².